The van der Waals surface area contributed by atoms with Gasteiger partial charge in [-0.3, -0.25) is 9.78 Å². The Balaban J connectivity index is 1.92. The molecule has 1 amide bonds. The molecular formula is C17H19N3O. The van der Waals surface area contributed by atoms with Crippen LogP contribution >= 0.6 is 0 Å². The fraction of sp³-hybridized carbons (Fsp3) is 0.294. The van der Waals surface area contributed by atoms with E-state index in [-0.39, 0.29) is 11.8 Å². The topological polar surface area (TPSA) is 59.2 Å². The van der Waals surface area contributed by atoms with Gasteiger partial charge in [-0.2, -0.15) is 0 Å². The monoisotopic (exact) mass is 281 g/mol. The molecule has 0 radical (unpaired) electrons. The van der Waals surface area contributed by atoms with Crippen molar-refractivity contribution in [2.45, 2.75) is 25.7 Å². The number of fused-ring (bicyclic) bond motifs is 1. The van der Waals surface area contributed by atoms with Crippen molar-refractivity contribution in [3.8, 4) is 0 Å². The van der Waals surface area contributed by atoms with Gasteiger partial charge >= 0.3 is 0 Å². The predicted molar refractivity (Wildman–Crippen MR) is 84.2 cm³/mol. The molecule has 4 heteroatoms. The third-order valence-electron chi connectivity index (χ3n) is 4.11. The number of aromatic nitrogens is 1. The van der Waals surface area contributed by atoms with Crippen LogP contribution in [0.1, 0.15) is 30.4 Å². The van der Waals surface area contributed by atoms with E-state index < -0.39 is 0 Å². The zero-order valence-electron chi connectivity index (χ0n) is 12.1. The summed E-state index contributed by atoms with van der Waals surface area (Å²) < 4.78 is 0. The molecule has 1 aromatic heterocycles. The largest absolute Gasteiger partial charge is 0.398 e. The van der Waals surface area contributed by atoms with Crippen molar-refractivity contribution >= 4 is 17.3 Å². The van der Waals surface area contributed by atoms with Crippen molar-refractivity contribution in [2.75, 3.05) is 17.2 Å². The smallest absolute Gasteiger partial charge is 0.234 e. The van der Waals surface area contributed by atoms with Crippen molar-refractivity contribution in [1.29, 1.82) is 0 Å². The molecule has 1 unspecified atom stereocenters. The molecule has 21 heavy (non-hydrogen) atoms. The summed E-state index contributed by atoms with van der Waals surface area (Å²) in [5.74, 6) is -0.0966. The summed E-state index contributed by atoms with van der Waals surface area (Å²) in [6.45, 7) is 2.68. The van der Waals surface area contributed by atoms with Crippen LogP contribution in [0, 0.1) is 0 Å². The van der Waals surface area contributed by atoms with E-state index in [1.54, 1.807) is 12.4 Å². The van der Waals surface area contributed by atoms with E-state index in [0.29, 0.717) is 0 Å². The van der Waals surface area contributed by atoms with Crippen LogP contribution in [0.3, 0.4) is 0 Å². The number of rotatable bonds is 2. The minimum Gasteiger partial charge on any atom is -0.398 e. The SMILES string of the molecule is CC(C(=O)N1CCCc2c(N)cccc21)c1cccnc1. The van der Waals surface area contributed by atoms with Crippen LogP contribution in [0.4, 0.5) is 11.4 Å². The van der Waals surface area contributed by atoms with Crippen LogP contribution in [0.2, 0.25) is 0 Å². The molecule has 0 saturated carbocycles. The first-order valence-electron chi connectivity index (χ1n) is 7.27. The maximum Gasteiger partial charge on any atom is 0.234 e. The lowest BCUT2D eigenvalue weighted by Gasteiger charge is -2.32. The number of anilines is 2. The van der Waals surface area contributed by atoms with Gasteiger partial charge in [-0.05, 0) is 49.1 Å². The fourth-order valence-corrected chi connectivity index (χ4v) is 2.89. The van der Waals surface area contributed by atoms with E-state index in [9.17, 15) is 4.79 Å². The highest BCUT2D eigenvalue weighted by atomic mass is 16.2. The van der Waals surface area contributed by atoms with E-state index >= 15 is 0 Å². The van der Waals surface area contributed by atoms with Gasteiger partial charge < -0.3 is 10.6 Å². The third-order valence-corrected chi connectivity index (χ3v) is 4.11. The van der Waals surface area contributed by atoms with Gasteiger partial charge in [0.1, 0.15) is 0 Å². The van der Waals surface area contributed by atoms with Crippen LogP contribution < -0.4 is 10.6 Å². The summed E-state index contributed by atoms with van der Waals surface area (Å²) in [6, 6.07) is 9.60. The Morgan fingerprint density at radius 3 is 2.95 bits per heavy atom. The lowest BCUT2D eigenvalue weighted by atomic mass is 9.96. The summed E-state index contributed by atoms with van der Waals surface area (Å²) in [4.78, 5) is 18.8. The Morgan fingerprint density at radius 1 is 1.33 bits per heavy atom. The molecule has 0 aliphatic carbocycles. The van der Waals surface area contributed by atoms with Gasteiger partial charge in [0.25, 0.3) is 0 Å². The number of nitrogens with zero attached hydrogens (tertiary/aromatic N) is 2. The van der Waals surface area contributed by atoms with Gasteiger partial charge in [0.05, 0.1) is 5.92 Å². The molecule has 1 aliphatic heterocycles. The average molecular weight is 281 g/mol. The number of nitrogen functional groups attached to an aromatic ring is 1. The number of amides is 1. The molecular weight excluding hydrogens is 262 g/mol. The number of carbonyl (C=O) groups is 1. The molecule has 0 bridgehead atoms. The molecule has 4 nitrogen and oxygen atoms in total. The van der Waals surface area contributed by atoms with E-state index in [0.717, 1.165) is 41.9 Å². The first-order chi connectivity index (χ1) is 10.2. The second kappa shape index (κ2) is 5.56. The Kier molecular flexibility index (Phi) is 3.60. The van der Waals surface area contributed by atoms with Crippen LogP contribution in [-0.2, 0) is 11.2 Å². The van der Waals surface area contributed by atoms with Crippen molar-refractivity contribution in [1.82, 2.24) is 4.98 Å². The molecule has 1 aliphatic rings. The Morgan fingerprint density at radius 2 is 2.19 bits per heavy atom. The number of carbonyl (C=O) groups excluding carboxylic acids is 1. The number of hydrogen-bond acceptors (Lipinski definition) is 3. The minimum absolute atomic E-state index is 0.106. The second-order valence-corrected chi connectivity index (χ2v) is 5.45. The van der Waals surface area contributed by atoms with Gasteiger partial charge in [-0.25, -0.2) is 0 Å². The van der Waals surface area contributed by atoms with E-state index in [1.807, 2.05) is 42.2 Å². The molecule has 0 saturated heterocycles. The molecule has 1 atom stereocenters. The molecule has 1 aromatic carbocycles. The predicted octanol–water partition coefficient (Wildman–Crippen LogP) is 2.75. The maximum absolute atomic E-state index is 12.8. The van der Waals surface area contributed by atoms with Gasteiger partial charge in [0.15, 0.2) is 0 Å². The summed E-state index contributed by atoms with van der Waals surface area (Å²) in [5, 5.41) is 0. The number of pyridine rings is 1. The lowest BCUT2D eigenvalue weighted by molar-refractivity contribution is -0.119. The Labute approximate surface area is 124 Å². The fourth-order valence-electron chi connectivity index (χ4n) is 2.89. The molecule has 0 fully saturated rings. The third kappa shape index (κ3) is 2.49. The molecule has 2 N–H and O–H groups in total. The Hall–Kier alpha value is -2.36. The normalized spacial score (nSPS) is 15.4. The van der Waals surface area contributed by atoms with E-state index in [2.05, 4.69) is 4.98 Å². The number of benzene rings is 1. The zero-order chi connectivity index (χ0) is 14.8. The zero-order valence-corrected chi connectivity index (χ0v) is 12.1. The molecule has 0 spiro atoms. The summed E-state index contributed by atoms with van der Waals surface area (Å²) in [5.41, 5.74) is 9.82. The first-order valence-corrected chi connectivity index (χ1v) is 7.27. The number of hydrogen-bond donors (Lipinski definition) is 1. The highest BCUT2D eigenvalue weighted by Crippen LogP contribution is 2.33. The average Bonchev–Trinajstić information content (AvgIpc) is 2.54. The Bertz CT molecular complexity index is 654. The summed E-state index contributed by atoms with van der Waals surface area (Å²) in [6.07, 6.45) is 5.37. The first kappa shape index (κ1) is 13.6. The van der Waals surface area contributed by atoms with Gasteiger partial charge in [-0.15, -0.1) is 0 Å². The van der Waals surface area contributed by atoms with Crippen molar-refractivity contribution < 1.29 is 4.79 Å². The van der Waals surface area contributed by atoms with Gasteiger partial charge in [0.2, 0.25) is 5.91 Å². The van der Waals surface area contributed by atoms with Crippen LogP contribution in [-0.4, -0.2) is 17.4 Å². The molecule has 2 aromatic rings. The van der Waals surface area contributed by atoms with E-state index in [4.69, 9.17) is 5.73 Å². The lowest BCUT2D eigenvalue weighted by Crippen LogP contribution is -2.38. The summed E-state index contributed by atoms with van der Waals surface area (Å²) >= 11 is 0. The van der Waals surface area contributed by atoms with E-state index in [1.165, 1.54) is 0 Å². The molecule has 3 rings (SSSR count). The highest BCUT2D eigenvalue weighted by Gasteiger charge is 2.27. The maximum atomic E-state index is 12.8. The number of nitrogens with two attached hydrogens (primary N) is 1. The summed E-state index contributed by atoms with van der Waals surface area (Å²) in [7, 11) is 0. The van der Waals surface area contributed by atoms with Crippen LogP contribution in [0.25, 0.3) is 0 Å². The molecule has 108 valence electrons. The van der Waals surface area contributed by atoms with Gasteiger partial charge in [0, 0.05) is 30.3 Å². The van der Waals surface area contributed by atoms with Crippen molar-refractivity contribution in [3.63, 3.8) is 0 Å². The van der Waals surface area contributed by atoms with Crippen LogP contribution in [0.5, 0.6) is 0 Å². The second-order valence-electron chi connectivity index (χ2n) is 5.45. The van der Waals surface area contributed by atoms with Crippen molar-refractivity contribution in [2.24, 2.45) is 0 Å². The quantitative estimate of drug-likeness (QED) is 0.861. The van der Waals surface area contributed by atoms with Gasteiger partial charge in [-0.1, -0.05) is 12.1 Å². The standard InChI is InChI=1S/C17H19N3O/c1-12(13-5-3-9-19-11-13)17(21)20-10-4-6-14-15(18)7-2-8-16(14)20/h2-3,5,7-9,11-12H,4,6,10,18H2,1H3. The molecule has 2 heterocycles. The van der Waals surface area contributed by atoms with Crippen molar-refractivity contribution in [3.05, 3.63) is 53.9 Å². The van der Waals surface area contributed by atoms with Crippen LogP contribution in [0.15, 0.2) is 42.7 Å². The highest BCUT2D eigenvalue weighted by molar-refractivity contribution is 5.99. The minimum atomic E-state index is -0.203.